The minimum absolute atomic E-state index is 0.0297. The molecule has 132 valence electrons. The van der Waals surface area contributed by atoms with Gasteiger partial charge in [-0.2, -0.15) is 0 Å². The first-order chi connectivity index (χ1) is 12.0. The minimum atomic E-state index is -0.627. The molecule has 0 saturated carbocycles. The number of methoxy groups -OCH3 is 1. The number of aryl methyl sites for hydroxylation is 1. The second kappa shape index (κ2) is 8.20. The van der Waals surface area contributed by atoms with Crippen molar-refractivity contribution in [3.8, 4) is 18.1 Å². The lowest BCUT2D eigenvalue weighted by Gasteiger charge is -2.20. The Morgan fingerprint density at radius 1 is 1.44 bits per heavy atom. The van der Waals surface area contributed by atoms with E-state index in [0.29, 0.717) is 11.4 Å². The third kappa shape index (κ3) is 4.51. The maximum Gasteiger partial charge on any atom is 0.311 e. The number of carbonyl (C=O) groups excluding carboxylic acids is 3. The molecule has 0 aromatic heterocycles. The number of amides is 2. The van der Waals surface area contributed by atoms with Crippen LogP contribution >= 0.6 is 0 Å². The van der Waals surface area contributed by atoms with Gasteiger partial charge in [-0.05, 0) is 24.6 Å². The number of nitrogens with one attached hydrogen (secondary N) is 1. The van der Waals surface area contributed by atoms with E-state index in [1.807, 2.05) is 19.1 Å². The van der Waals surface area contributed by atoms with Crippen LogP contribution in [0.25, 0.3) is 0 Å². The highest BCUT2D eigenvalue weighted by Gasteiger charge is 2.37. The number of nitrogens with zero attached hydrogens (tertiary/aromatic N) is 1. The van der Waals surface area contributed by atoms with Gasteiger partial charge < -0.3 is 19.7 Å². The van der Waals surface area contributed by atoms with E-state index in [9.17, 15) is 14.4 Å². The first kappa shape index (κ1) is 18.3. The summed E-state index contributed by atoms with van der Waals surface area (Å²) in [5.74, 6) is 0.925. The van der Waals surface area contributed by atoms with Crippen LogP contribution in [0.5, 0.6) is 5.75 Å². The number of hydrogen-bond acceptors (Lipinski definition) is 5. The molecule has 0 unspecified atom stereocenters. The number of esters is 1. The van der Waals surface area contributed by atoms with Crippen LogP contribution in [0.15, 0.2) is 18.2 Å². The molecule has 0 bridgehead atoms. The van der Waals surface area contributed by atoms with Crippen LogP contribution in [0.3, 0.4) is 0 Å². The highest BCUT2D eigenvalue weighted by molar-refractivity contribution is 6.00. The summed E-state index contributed by atoms with van der Waals surface area (Å²) in [7, 11) is 1.52. The van der Waals surface area contributed by atoms with Crippen molar-refractivity contribution < 1.29 is 23.9 Å². The molecule has 1 aliphatic rings. The van der Waals surface area contributed by atoms with Crippen molar-refractivity contribution in [1.29, 1.82) is 0 Å². The minimum Gasteiger partial charge on any atom is -0.495 e. The normalized spacial score (nSPS) is 16.3. The molecule has 2 amide bonds. The standard InChI is InChI=1S/C18H20N2O5/c1-4-7-19-16(21)11-25-18(23)13-9-17(22)20(10-13)14-8-12(2)5-6-15(14)24-3/h1,5-6,8,13H,7,9-11H2,2-3H3,(H,19,21)/t13-/m1/s1. The Labute approximate surface area is 146 Å². The monoisotopic (exact) mass is 344 g/mol. The van der Waals surface area contributed by atoms with Crippen LogP contribution in [0.4, 0.5) is 5.69 Å². The van der Waals surface area contributed by atoms with Crippen molar-refractivity contribution >= 4 is 23.5 Å². The molecule has 1 aromatic carbocycles. The van der Waals surface area contributed by atoms with E-state index in [4.69, 9.17) is 15.9 Å². The summed E-state index contributed by atoms with van der Waals surface area (Å²) in [5.41, 5.74) is 1.59. The highest BCUT2D eigenvalue weighted by atomic mass is 16.5. The molecule has 2 rings (SSSR count). The molecule has 1 fully saturated rings. The quantitative estimate of drug-likeness (QED) is 0.605. The molecule has 1 aromatic rings. The van der Waals surface area contributed by atoms with Crippen molar-refractivity contribution in [2.24, 2.45) is 5.92 Å². The van der Waals surface area contributed by atoms with E-state index < -0.39 is 24.4 Å². The fraction of sp³-hybridized carbons (Fsp3) is 0.389. The molecule has 0 radical (unpaired) electrons. The first-order valence-corrected chi connectivity index (χ1v) is 7.78. The molecule has 1 atom stereocenters. The van der Waals surface area contributed by atoms with Gasteiger partial charge in [0.25, 0.3) is 5.91 Å². The van der Waals surface area contributed by atoms with E-state index in [-0.39, 0.29) is 25.4 Å². The average molecular weight is 344 g/mol. The molecule has 25 heavy (non-hydrogen) atoms. The molecular formula is C18H20N2O5. The van der Waals surface area contributed by atoms with E-state index >= 15 is 0 Å². The van der Waals surface area contributed by atoms with Crippen molar-refractivity contribution in [3.05, 3.63) is 23.8 Å². The van der Waals surface area contributed by atoms with Crippen molar-refractivity contribution in [2.75, 3.05) is 31.7 Å². The largest absolute Gasteiger partial charge is 0.495 e. The molecule has 7 nitrogen and oxygen atoms in total. The summed E-state index contributed by atoms with van der Waals surface area (Å²) in [6.45, 7) is 1.74. The van der Waals surface area contributed by atoms with Gasteiger partial charge in [0.05, 0.1) is 25.3 Å². The van der Waals surface area contributed by atoms with Crippen molar-refractivity contribution in [3.63, 3.8) is 0 Å². The molecule has 1 heterocycles. The van der Waals surface area contributed by atoms with Gasteiger partial charge in [-0.3, -0.25) is 14.4 Å². The predicted octanol–water partition coefficient (Wildman–Crippen LogP) is 0.649. The highest BCUT2D eigenvalue weighted by Crippen LogP contribution is 2.34. The molecule has 1 N–H and O–H groups in total. The van der Waals surface area contributed by atoms with E-state index in [1.54, 1.807) is 6.07 Å². The maximum absolute atomic E-state index is 12.3. The Morgan fingerprint density at radius 3 is 2.88 bits per heavy atom. The Bertz CT molecular complexity index is 723. The maximum atomic E-state index is 12.3. The van der Waals surface area contributed by atoms with Crippen molar-refractivity contribution in [2.45, 2.75) is 13.3 Å². The Kier molecular flexibility index (Phi) is 6.01. The number of ether oxygens (including phenoxy) is 2. The van der Waals surface area contributed by atoms with Gasteiger partial charge >= 0.3 is 5.97 Å². The Balaban J connectivity index is 2.00. The van der Waals surface area contributed by atoms with Crippen LogP contribution < -0.4 is 15.0 Å². The molecule has 1 saturated heterocycles. The lowest BCUT2D eigenvalue weighted by atomic mass is 10.1. The zero-order valence-electron chi connectivity index (χ0n) is 14.2. The van der Waals surface area contributed by atoms with Gasteiger partial charge in [-0.1, -0.05) is 12.0 Å². The van der Waals surface area contributed by atoms with Gasteiger partial charge in [0.15, 0.2) is 6.61 Å². The summed E-state index contributed by atoms with van der Waals surface area (Å²) in [6.07, 6.45) is 5.06. The Morgan fingerprint density at radius 2 is 2.20 bits per heavy atom. The zero-order chi connectivity index (χ0) is 18.4. The van der Waals surface area contributed by atoms with E-state index in [0.717, 1.165) is 5.56 Å². The molecule has 0 aliphatic carbocycles. The van der Waals surface area contributed by atoms with Crippen molar-refractivity contribution in [1.82, 2.24) is 5.32 Å². The molecule has 0 spiro atoms. The van der Waals surface area contributed by atoms with E-state index in [2.05, 4.69) is 11.2 Å². The fourth-order valence-corrected chi connectivity index (χ4v) is 2.56. The number of rotatable bonds is 6. The second-order valence-electron chi connectivity index (χ2n) is 5.67. The SMILES string of the molecule is C#CCNC(=O)COC(=O)[C@@H]1CC(=O)N(c2cc(C)ccc2OC)C1. The lowest BCUT2D eigenvalue weighted by Crippen LogP contribution is -2.31. The van der Waals surface area contributed by atoms with Crippen LogP contribution in [-0.4, -0.2) is 44.6 Å². The third-order valence-corrected chi connectivity index (χ3v) is 3.82. The summed E-state index contributed by atoms with van der Waals surface area (Å²) >= 11 is 0. The summed E-state index contributed by atoms with van der Waals surface area (Å²) < 4.78 is 10.3. The lowest BCUT2D eigenvalue weighted by molar-refractivity contribution is -0.152. The van der Waals surface area contributed by atoms with Gasteiger partial charge in [0.2, 0.25) is 5.91 Å². The molecular weight excluding hydrogens is 324 g/mol. The van der Waals surface area contributed by atoms with Gasteiger partial charge in [0, 0.05) is 13.0 Å². The smallest absolute Gasteiger partial charge is 0.311 e. The predicted molar refractivity (Wildman–Crippen MR) is 91.0 cm³/mol. The second-order valence-corrected chi connectivity index (χ2v) is 5.67. The molecule has 7 heteroatoms. The van der Waals surface area contributed by atoms with Gasteiger partial charge in [-0.15, -0.1) is 6.42 Å². The van der Waals surface area contributed by atoms with Crippen LogP contribution in [-0.2, 0) is 19.1 Å². The summed E-state index contributed by atoms with van der Waals surface area (Å²) in [6, 6.07) is 5.49. The third-order valence-electron chi connectivity index (χ3n) is 3.82. The fourth-order valence-electron chi connectivity index (χ4n) is 2.56. The number of carbonyl (C=O) groups is 3. The van der Waals surface area contributed by atoms with Gasteiger partial charge in [-0.25, -0.2) is 0 Å². The zero-order valence-corrected chi connectivity index (χ0v) is 14.2. The number of anilines is 1. The van der Waals surface area contributed by atoms with E-state index in [1.165, 1.54) is 12.0 Å². The number of hydrogen-bond donors (Lipinski definition) is 1. The average Bonchev–Trinajstić information content (AvgIpc) is 2.99. The first-order valence-electron chi connectivity index (χ1n) is 7.78. The van der Waals surface area contributed by atoms with Gasteiger partial charge in [0.1, 0.15) is 5.75 Å². The molecule has 1 aliphatic heterocycles. The number of benzene rings is 1. The van der Waals surface area contributed by atoms with Crippen LogP contribution in [0, 0.1) is 25.2 Å². The topological polar surface area (TPSA) is 84.9 Å². The Hall–Kier alpha value is -3.01. The summed E-state index contributed by atoms with van der Waals surface area (Å²) in [5, 5.41) is 2.40. The van der Waals surface area contributed by atoms with Crippen LogP contribution in [0.1, 0.15) is 12.0 Å². The van der Waals surface area contributed by atoms with Crippen LogP contribution in [0.2, 0.25) is 0 Å². The number of terminal acetylenes is 1. The summed E-state index contributed by atoms with van der Waals surface area (Å²) in [4.78, 5) is 37.3.